The summed E-state index contributed by atoms with van der Waals surface area (Å²) in [6.07, 6.45) is 8.87. The molecule has 0 aromatic heterocycles. The van der Waals surface area contributed by atoms with Gasteiger partial charge in [0, 0.05) is 6.54 Å². The van der Waals surface area contributed by atoms with Crippen molar-refractivity contribution in [2.75, 3.05) is 20.6 Å². The van der Waals surface area contributed by atoms with E-state index in [1.807, 2.05) is 36.9 Å². The van der Waals surface area contributed by atoms with Crippen LogP contribution in [-0.2, 0) is 20.8 Å². The van der Waals surface area contributed by atoms with Crippen LogP contribution in [0.3, 0.4) is 0 Å². The molecule has 5 atom stereocenters. The molecule has 38 heavy (non-hydrogen) atoms. The summed E-state index contributed by atoms with van der Waals surface area (Å²) >= 11 is 0. The molecule has 2 N–H and O–H groups in total. The second-order valence-corrected chi connectivity index (χ2v) is 12.4. The molecule has 1 aliphatic heterocycles. The highest BCUT2D eigenvalue weighted by atomic mass is 16.2. The van der Waals surface area contributed by atoms with Gasteiger partial charge in [-0.25, -0.2) is 0 Å². The fraction of sp³-hybridized carbons (Fsp3) is 0.710. The Hall–Kier alpha value is -2.41. The van der Waals surface area contributed by atoms with Gasteiger partial charge >= 0.3 is 0 Å². The van der Waals surface area contributed by atoms with Gasteiger partial charge in [-0.1, -0.05) is 57.4 Å². The second kappa shape index (κ2) is 12.6. The van der Waals surface area contributed by atoms with Crippen LogP contribution in [0.4, 0.5) is 0 Å². The first-order valence-electron chi connectivity index (χ1n) is 14.8. The number of nitrogens with one attached hydrogen (secondary N) is 2. The molecule has 0 unspecified atom stereocenters. The zero-order valence-electron chi connectivity index (χ0n) is 24.0. The SMILES string of the molecule is CC(C)[C@H]1C[C@@H](C(=O)N[C@@H]2CCCc3ccccc32)N(C(=O)[C@@H](NC(=O)[C@H](C)N(C)C)C2CCCCC2)C1. The van der Waals surface area contributed by atoms with E-state index < -0.39 is 12.1 Å². The Kier molecular flexibility index (Phi) is 9.50. The van der Waals surface area contributed by atoms with Crippen LogP contribution in [0.2, 0.25) is 0 Å². The minimum Gasteiger partial charge on any atom is -0.347 e. The number of carbonyl (C=O) groups is 3. The van der Waals surface area contributed by atoms with Gasteiger partial charge in [-0.05, 0) is 88.4 Å². The summed E-state index contributed by atoms with van der Waals surface area (Å²) in [5, 5.41) is 6.47. The molecule has 7 heteroatoms. The molecule has 1 saturated heterocycles. The Morgan fingerprint density at radius 1 is 0.947 bits per heavy atom. The molecule has 210 valence electrons. The first-order chi connectivity index (χ1) is 18.2. The number of aryl methyl sites for hydroxylation is 1. The molecule has 0 bridgehead atoms. The zero-order chi connectivity index (χ0) is 27.4. The van der Waals surface area contributed by atoms with Gasteiger partial charge in [-0.3, -0.25) is 19.3 Å². The molecule has 2 fully saturated rings. The van der Waals surface area contributed by atoms with Crippen molar-refractivity contribution >= 4 is 17.7 Å². The quantitative estimate of drug-likeness (QED) is 0.537. The van der Waals surface area contributed by atoms with Gasteiger partial charge in [-0.2, -0.15) is 0 Å². The topological polar surface area (TPSA) is 81.8 Å². The van der Waals surface area contributed by atoms with Gasteiger partial charge in [-0.15, -0.1) is 0 Å². The smallest absolute Gasteiger partial charge is 0.246 e. The predicted molar refractivity (Wildman–Crippen MR) is 150 cm³/mol. The number of benzene rings is 1. The minimum atomic E-state index is -0.582. The van der Waals surface area contributed by atoms with E-state index in [0.29, 0.717) is 18.9 Å². The maximum atomic E-state index is 14.3. The molecule has 1 aromatic rings. The highest BCUT2D eigenvalue weighted by Gasteiger charge is 2.45. The van der Waals surface area contributed by atoms with Crippen molar-refractivity contribution in [3.05, 3.63) is 35.4 Å². The monoisotopic (exact) mass is 524 g/mol. The Balaban J connectivity index is 1.56. The van der Waals surface area contributed by atoms with Crippen molar-refractivity contribution < 1.29 is 14.4 Å². The minimum absolute atomic E-state index is 0.0164. The Bertz CT molecular complexity index is 987. The Morgan fingerprint density at radius 2 is 1.66 bits per heavy atom. The van der Waals surface area contributed by atoms with E-state index in [-0.39, 0.29) is 41.6 Å². The summed E-state index contributed by atoms with van der Waals surface area (Å²) in [5.41, 5.74) is 2.51. The Labute approximate surface area is 229 Å². The van der Waals surface area contributed by atoms with E-state index in [1.54, 1.807) is 0 Å². The molecule has 1 aromatic carbocycles. The van der Waals surface area contributed by atoms with Crippen LogP contribution in [0.5, 0.6) is 0 Å². The lowest BCUT2D eigenvalue weighted by Gasteiger charge is -2.36. The van der Waals surface area contributed by atoms with Crippen LogP contribution in [0.25, 0.3) is 0 Å². The highest BCUT2D eigenvalue weighted by Crippen LogP contribution is 2.35. The van der Waals surface area contributed by atoms with E-state index in [9.17, 15) is 14.4 Å². The number of likely N-dealkylation sites (tertiary alicyclic amines) is 1. The largest absolute Gasteiger partial charge is 0.347 e. The van der Waals surface area contributed by atoms with Crippen molar-refractivity contribution in [1.82, 2.24) is 20.4 Å². The van der Waals surface area contributed by atoms with E-state index in [1.165, 1.54) is 17.5 Å². The maximum absolute atomic E-state index is 14.3. The van der Waals surface area contributed by atoms with E-state index in [2.05, 4.69) is 42.7 Å². The summed E-state index contributed by atoms with van der Waals surface area (Å²) in [6, 6.07) is 6.94. The first kappa shape index (κ1) is 28.6. The van der Waals surface area contributed by atoms with Crippen molar-refractivity contribution in [1.29, 1.82) is 0 Å². The standard InChI is InChI=1S/C31H48N4O3/c1-20(2)24-18-27(30(37)32-26-17-11-15-22-12-9-10-16-25(22)26)35(19-24)31(38)28(23-13-7-6-8-14-23)33-29(36)21(3)34(4)5/h9-10,12,16,20-21,23-24,26-28H,6-8,11,13-15,17-19H2,1-5H3,(H,32,37)(H,33,36)/t21-,24-,26+,27-,28-/m0/s1. The number of fused-ring (bicyclic) bond motifs is 1. The number of carbonyl (C=O) groups excluding carboxylic acids is 3. The first-order valence-corrected chi connectivity index (χ1v) is 14.8. The fourth-order valence-corrected chi connectivity index (χ4v) is 6.55. The van der Waals surface area contributed by atoms with Crippen LogP contribution in [-0.4, -0.2) is 66.3 Å². The number of nitrogens with zero attached hydrogens (tertiary/aromatic N) is 2. The van der Waals surface area contributed by atoms with Gasteiger partial charge in [0.2, 0.25) is 17.7 Å². The number of amides is 3. The molecule has 4 rings (SSSR count). The van der Waals surface area contributed by atoms with Gasteiger partial charge in [0.05, 0.1) is 12.1 Å². The third-order valence-corrected chi connectivity index (χ3v) is 9.39. The Morgan fingerprint density at radius 3 is 2.34 bits per heavy atom. The molecule has 3 aliphatic rings. The summed E-state index contributed by atoms with van der Waals surface area (Å²) in [4.78, 5) is 44.9. The molecule has 1 heterocycles. The molecule has 1 saturated carbocycles. The number of rotatable bonds is 8. The molecule has 2 aliphatic carbocycles. The zero-order valence-corrected chi connectivity index (χ0v) is 24.0. The average Bonchev–Trinajstić information content (AvgIpc) is 3.38. The normalized spacial score (nSPS) is 25.7. The third-order valence-electron chi connectivity index (χ3n) is 9.39. The van der Waals surface area contributed by atoms with Crippen LogP contribution in [0.1, 0.15) is 89.3 Å². The van der Waals surface area contributed by atoms with Gasteiger partial charge in [0.25, 0.3) is 0 Å². The molecular formula is C31H48N4O3. The lowest BCUT2D eigenvalue weighted by molar-refractivity contribution is -0.143. The maximum Gasteiger partial charge on any atom is 0.246 e. The molecule has 3 amide bonds. The van der Waals surface area contributed by atoms with E-state index >= 15 is 0 Å². The van der Waals surface area contributed by atoms with E-state index in [4.69, 9.17) is 0 Å². The average molecular weight is 525 g/mol. The van der Waals surface area contributed by atoms with Crippen molar-refractivity contribution in [2.45, 2.75) is 103 Å². The summed E-state index contributed by atoms with van der Waals surface area (Å²) < 4.78 is 0. The van der Waals surface area contributed by atoms with Crippen molar-refractivity contribution in [2.24, 2.45) is 17.8 Å². The molecule has 0 spiro atoms. The van der Waals surface area contributed by atoms with Crippen LogP contribution in [0, 0.1) is 17.8 Å². The van der Waals surface area contributed by atoms with Crippen LogP contribution >= 0.6 is 0 Å². The van der Waals surface area contributed by atoms with Crippen molar-refractivity contribution in [3.63, 3.8) is 0 Å². The van der Waals surface area contributed by atoms with Gasteiger partial charge in [0.15, 0.2) is 0 Å². The fourth-order valence-electron chi connectivity index (χ4n) is 6.55. The number of likely N-dealkylation sites (N-methyl/N-ethyl adjacent to an activating group) is 1. The highest BCUT2D eigenvalue weighted by molar-refractivity contribution is 5.93. The van der Waals surface area contributed by atoms with Gasteiger partial charge < -0.3 is 15.5 Å². The molecule has 0 radical (unpaired) electrons. The lowest BCUT2D eigenvalue weighted by Crippen LogP contribution is -2.58. The number of hydrogen-bond donors (Lipinski definition) is 2. The summed E-state index contributed by atoms with van der Waals surface area (Å²) in [7, 11) is 3.75. The van der Waals surface area contributed by atoms with E-state index in [0.717, 1.165) is 44.9 Å². The molecular weight excluding hydrogens is 476 g/mol. The molecule has 7 nitrogen and oxygen atoms in total. The van der Waals surface area contributed by atoms with Gasteiger partial charge in [0.1, 0.15) is 12.1 Å². The van der Waals surface area contributed by atoms with Crippen LogP contribution < -0.4 is 10.6 Å². The third kappa shape index (κ3) is 6.41. The van der Waals surface area contributed by atoms with Crippen molar-refractivity contribution in [3.8, 4) is 0 Å². The second-order valence-electron chi connectivity index (χ2n) is 12.4. The summed E-state index contributed by atoms with van der Waals surface area (Å²) in [6.45, 7) is 6.77. The lowest BCUT2D eigenvalue weighted by atomic mass is 9.83. The number of hydrogen-bond acceptors (Lipinski definition) is 4. The predicted octanol–water partition coefficient (Wildman–Crippen LogP) is 4.07. The summed E-state index contributed by atoms with van der Waals surface area (Å²) in [5.74, 6) is 0.480. The van der Waals surface area contributed by atoms with Crippen LogP contribution in [0.15, 0.2) is 24.3 Å².